The Labute approximate surface area is 116 Å². The van der Waals surface area contributed by atoms with E-state index in [2.05, 4.69) is 5.32 Å². The largest absolute Gasteiger partial charge is 0.466 e. The predicted molar refractivity (Wildman–Crippen MR) is 78.5 cm³/mol. The van der Waals surface area contributed by atoms with E-state index in [-0.39, 0.29) is 10.9 Å². The molecule has 1 aromatic carbocycles. The summed E-state index contributed by atoms with van der Waals surface area (Å²) in [6, 6.07) is 8.86. The normalized spacial score (nSPS) is 10.2. The average molecular weight is 274 g/mol. The average Bonchev–Trinajstić information content (AvgIpc) is 2.69. The zero-order chi connectivity index (χ0) is 14.0. The molecule has 3 N–H and O–H groups in total. The van der Waals surface area contributed by atoms with E-state index < -0.39 is 0 Å². The number of aryl methyl sites for hydroxylation is 2. The van der Waals surface area contributed by atoms with Gasteiger partial charge in [0.25, 0.3) is 5.91 Å². The van der Waals surface area contributed by atoms with Crippen molar-refractivity contribution in [2.45, 2.75) is 13.8 Å². The summed E-state index contributed by atoms with van der Waals surface area (Å²) in [6.07, 6.45) is 0. The maximum atomic E-state index is 12.2. The number of nitrogens with one attached hydrogen (secondary N) is 1. The molecule has 2 aromatic rings. The van der Waals surface area contributed by atoms with E-state index in [1.807, 2.05) is 12.1 Å². The highest BCUT2D eigenvalue weighted by atomic mass is 32.1. The lowest BCUT2D eigenvalue weighted by atomic mass is 10.1. The number of nitrogens with two attached hydrogens (primary N) is 1. The summed E-state index contributed by atoms with van der Waals surface area (Å²) in [7, 11) is 0. The highest BCUT2D eigenvalue weighted by Gasteiger charge is 2.15. The van der Waals surface area contributed by atoms with Crippen molar-refractivity contribution >= 4 is 28.8 Å². The highest BCUT2D eigenvalue weighted by Crippen LogP contribution is 2.19. The molecule has 0 fully saturated rings. The van der Waals surface area contributed by atoms with Gasteiger partial charge in [0.15, 0.2) is 0 Å². The Bertz CT molecular complexity index is 647. The first-order valence-electron chi connectivity index (χ1n) is 5.76. The van der Waals surface area contributed by atoms with Gasteiger partial charge in [-0.2, -0.15) is 0 Å². The predicted octanol–water partition coefficient (Wildman–Crippen LogP) is 2.78. The molecule has 0 unspecified atom stereocenters. The number of hydrogen-bond donors (Lipinski definition) is 2. The van der Waals surface area contributed by atoms with E-state index in [0.29, 0.717) is 28.3 Å². The second-order valence-corrected chi connectivity index (χ2v) is 4.63. The zero-order valence-electron chi connectivity index (χ0n) is 10.7. The van der Waals surface area contributed by atoms with Gasteiger partial charge in [0.05, 0.1) is 11.3 Å². The molecule has 0 aliphatic heterocycles. The number of anilines is 1. The third kappa shape index (κ3) is 2.82. The summed E-state index contributed by atoms with van der Waals surface area (Å²) < 4.78 is 5.34. The topological polar surface area (TPSA) is 68.3 Å². The molecule has 1 aromatic heterocycles. The number of benzene rings is 1. The van der Waals surface area contributed by atoms with E-state index in [1.165, 1.54) is 0 Å². The van der Waals surface area contributed by atoms with Crippen LogP contribution in [0.15, 0.2) is 34.7 Å². The lowest BCUT2D eigenvalue weighted by molar-refractivity contribution is 0.102. The molecule has 0 saturated carbocycles. The fourth-order valence-electron chi connectivity index (χ4n) is 1.85. The van der Waals surface area contributed by atoms with Crippen molar-refractivity contribution in [3.8, 4) is 0 Å². The monoisotopic (exact) mass is 274 g/mol. The van der Waals surface area contributed by atoms with Crippen molar-refractivity contribution in [3.63, 3.8) is 0 Å². The lowest BCUT2D eigenvalue weighted by Gasteiger charge is -2.09. The SMILES string of the molecule is Cc1cc(C(=O)Nc2ccccc2C(N)=S)c(C)o1. The second kappa shape index (κ2) is 5.24. The van der Waals surface area contributed by atoms with Gasteiger partial charge in [-0.1, -0.05) is 24.4 Å². The minimum atomic E-state index is -0.238. The molecule has 0 aliphatic carbocycles. The maximum absolute atomic E-state index is 12.2. The van der Waals surface area contributed by atoms with Gasteiger partial charge in [0.1, 0.15) is 16.5 Å². The van der Waals surface area contributed by atoms with Crippen molar-refractivity contribution in [1.82, 2.24) is 0 Å². The van der Waals surface area contributed by atoms with Crippen LogP contribution in [0, 0.1) is 13.8 Å². The van der Waals surface area contributed by atoms with Crippen molar-refractivity contribution in [3.05, 3.63) is 53.0 Å². The Morgan fingerprint density at radius 1 is 1.26 bits per heavy atom. The Balaban J connectivity index is 2.29. The van der Waals surface area contributed by atoms with Crippen LogP contribution in [0.2, 0.25) is 0 Å². The fourth-order valence-corrected chi connectivity index (χ4v) is 2.03. The molecule has 0 atom stereocenters. The summed E-state index contributed by atoms with van der Waals surface area (Å²) >= 11 is 4.96. The molecule has 0 spiro atoms. The molecule has 0 saturated heterocycles. The van der Waals surface area contributed by atoms with Gasteiger partial charge in [-0.05, 0) is 32.0 Å². The molecule has 4 nitrogen and oxygen atoms in total. The fraction of sp³-hybridized carbons (Fsp3) is 0.143. The summed E-state index contributed by atoms with van der Waals surface area (Å²) in [5, 5.41) is 2.80. The summed E-state index contributed by atoms with van der Waals surface area (Å²) in [5.74, 6) is 1.05. The standard InChI is InChI=1S/C14H14N2O2S/c1-8-7-11(9(2)18-8)14(17)16-12-6-4-3-5-10(12)13(15)19/h3-7H,1-2H3,(H2,15,19)(H,16,17). The van der Waals surface area contributed by atoms with Crippen LogP contribution in [0.5, 0.6) is 0 Å². The number of amides is 1. The van der Waals surface area contributed by atoms with Crippen molar-refractivity contribution in [1.29, 1.82) is 0 Å². The first kappa shape index (κ1) is 13.3. The summed E-state index contributed by atoms with van der Waals surface area (Å²) in [5.41, 5.74) is 7.37. The lowest BCUT2D eigenvalue weighted by Crippen LogP contribution is -2.17. The minimum Gasteiger partial charge on any atom is -0.466 e. The Hall–Kier alpha value is -2.14. The first-order chi connectivity index (χ1) is 8.99. The van der Waals surface area contributed by atoms with Crippen LogP contribution in [0.4, 0.5) is 5.69 Å². The van der Waals surface area contributed by atoms with Gasteiger partial charge in [-0.25, -0.2) is 0 Å². The van der Waals surface area contributed by atoms with E-state index in [4.69, 9.17) is 22.4 Å². The van der Waals surface area contributed by atoms with E-state index in [1.54, 1.807) is 32.0 Å². The van der Waals surface area contributed by atoms with Crippen LogP contribution >= 0.6 is 12.2 Å². The van der Waals surface area contributed by atoms with Crippen molar-refractivity contribution < 1.29 is 9.21 Å². The third-order valence-corrected chi connectivity index (χ3v) is 2.95. The molecule has 5 heteroatoms. The third-order valence-electron chi connectivity index (χ3n) is 2.73. The summed E-state index contributed by atoms with van der Waals surface area (Å²) in [6.45, 7) is 3.55. The van der Waals surface area contributed by atoms with E-state index in [9.17, 15) is 4.79 Å². The number of carbonyl (C=O) groups excluding carboxylic acids is 1. The number of carbonyl (C=O) groups is 1. The van der Waals surface area contributed by atoms with E-state index >= 15 is 0 Å². The molecule has 1 heterocycles. The van der Waals surface area contributed by atoms with Gasteiger partial charge < -0.3 is 15.5 Å². The zero-order valence-corrected chi connectivity index (χ0v) is 11.5. The second-order valence-electron chi connectivity index (χ2n) is 4.19. The molecular weight excluding hydrogens is 260 g/mol. The number of para-hydroxylation sites is 1. The van der Waals surface area contributed by atoms with Crippen LogP contribution in [-0.2, 0) is 0 Å². The van der Waals surface area contributed by atoms with E-state index in [0.717, 1.165) is 0 Å². The Kier molecular flexibility index (Phi) is 3.66. The number of hydrogen-bond acceptors (Lipinski definition) is 3. The first-order valence-corrected chi connectivity index (χ1v) is 6.17. The molecular formula is C14H14N2O2S. The van der Waals surface area contributed by atoms with Gasteiger partial charge in [-0.15, -0.1) is 0 Å². The number of rotatable bonds is 3. The van der Waals surface area contributed by atoms with Crippen molar-refractivity contribution in [2.24, 2.45) is 5.73 Å². The van der Waals surface area contributed by atoms with Crippen LogP contribution in [0.3, 0.4) is 0 Å². The number of thiocarbonyl (C=S) groups is 1. The smallest absolute Gasteiger partial charge is 0.259 e. The van der Waals surface area contributed by atoms with Crippen LogP contribution in [-0.4, -0.2) is 10.9 Å². The maximum Gasteiger partial charge on any atom is 0.259 e. The molecule has 19 heavy (non-hydrogen) atoms. The molecule has 0 bridgehead atoms. The molecule has 98 valence electrons. The van der Waals surface area contributed by atoms with Crippen molar-refractivity contribution in [2.75, 3.05) is 5.32 Å². The van der Waals surface area contributed by atoms with Gasteiger partial charge in [0, 0.05) is 5.56 Å². The Morgan fingerprint density at radius 3 is 2.53 bits per heavy atom. The minimum absolute atomic E-state index is 0.238. The molecule has 0 radical (unpaired) electrons. The summed E-state index contributed by atoms with van der Waals surface area (Å²) in [4.78, 5) is 12.4. The quantitative estimate of drug-likeness (QED) is 0.844. The van der Waals surface area contributed by atoms with Gasteiger partial charge >= 0.3 is 0 Å². The Morgan fingerprint density at radius 2 is 1.95 bits per heavy atom. The van der Waals surface area contributed by atoms with Gasteiger partial charge in [-0.3, -0.25) is 4.79 Å². The van der Waals surface area contributed by atoms with Gasteiger partial charge in [0.2, 0.25) is 0 Å². The van der Waals surface area contributed by atoms with Crippen LogP contribution in [0.1, 0.15) is 27.4 Å². The number of furan rings is 1. The molecule has 1 amide bonds. The van der Waals surface area contributed by atoms with Crippen LogP contribution in [0.25, 0.3) is 0 Å². The molecule has 2 rings (SSSR count). The highest BCUT2D eigenvalue weighted by molar-refractivity contribution is 7.80. The van der Waals surface area contributed by atoms with Crippen LogP contribution < -0.4 is 11.1 Å². The molecule has 0 aliphatic rings.